The summed E-state index contributed by atoms with van der Waals surface area (Å²) in [6.45, 7) is 1.51. The van der Waals surface area contributed by atoms with E-state index in [4.69, 9.17) is 17.3 Å². The van der Waals surface area contributed by atoms with Crippen LogP contribution in [0.3, 0.4) is 0 Å². The molecule has 1 saturated heterocycles. The normalized spacial score (nSPS) is 19.9. The molecule has 1 aromatic rings. The molecule has 2 N–H and O–H groups in total. The van der Waals surface area contributed by atoms with Crippen molar-refractivity contribution in [2.75, 3.05) is 18.8 Å². The molecule has 1 aliphatic rings. The molecule has 1 unspecified atom stereocenters. The lowest BCUT2D eigenvalue weighted by molar-refractivity contribution is -0.129. The second-order valence-electron chi connectivity index (χ2n) is 4.46. The van der Waals surface area contributed by atoms with Gasteiger partial charge in [0.1, 0.15) is 0 Å². The first-order chi connectivity index (χ1) is 8.66. The second-order valence-corrected chi connectivity index (χ2v) is 5.89. The van der Waals surface area contributed by atoms with E-state index in [2.05, 4.69) is 0 Å². The van der Waals surface area contributed by atoms with Crippen LogP contribution in [0, 0.1) is 0 Å². The minimum absolute atomic E-state index is 0.132. The second kappa shape index (κ2) is 6.45. The number of carbonyl (C=O) groups excluding carboxylic acids is 1. The summed E-state index contributed by atoms with van der Waals surface area (Å²) in [5, 5.41) is 0.700. The lowest BCUT2D eigenvalue weighted by Crippen LogP contribution is -2.46. The van der Waals surface area contributed by atoms with E-state index in [0.717, 1.165) is 24.3 Å². The van der Waals surface area contributed by atoms with Gasteiger partial charge in [-0.25, -0.2) is 0 Å². The maximum absolute atomic E-state index is 12.0. The van der Waals surface area contributed by atoms with E-state index in [9.17, 15) is 4.79 Å². The first-order valence-electron chi connectivity index (χ1n) is 6.07. The first kappa shape index (κ1) is 13.7. The summed E-state index contributed by atoms with van der Waals surface area (Å²) in [6, 6.07) is 7.72. The molecule has 0 radical (unpaired) electrons. The van der Waals surface area contributed by atoms with Crippen LogP contribution < -0.4 is 5.73 Å². The Morgan fingerprint density at radius 1 is 1.50 bits per heavy atom. The maximum Gasteiger partial charge on any atom is 0.232 e. The minimum Gasteiger partial charge on any atom is -0.340 e. The van der Waals surface area contributed by atoms with E-state index in [1.54, 1.807) is 0 Å². The molecule has 0 aromatic heterocycles. The van der Waals surface area contributed by atoms with Gasteiger partial charge >= 0.3 is 0 Å². The molecule has 1 fully saturated rings. The van der Waals surface area contributed by atoms with E-state index in [1.807, 2.05) is 29.2 Å². The molecule has 0 aliphatic carbocycles. The Labute approximate surface area is 117 Å². The van der Waals surface area contributed by atoms with Crippen LogP contribution in [0.2, 0.25) is 5.02 Å². The molecule has 5 heteroatoms. The molecule has 1 atom stereocenters. The lowest BCUT2D eigenvalue weighted by Gasteiger charge is -2.30. The lowest BCUT2D eigenvalue weighted by atomic mass is 10.1. The number of halogens is 1. The summed E-state index contributed by atoms with van der Waals surface area (Å²) in [4.78, 5) is 14.8. The third-order valence-corrected chi connectivity index (χ3v) is 4.50. The van der Waals surface area contributed by atoms with Crippen molar-refractivity contribution in [3.63, 3.8) is 0 Å². The number of likely N-dealkylation sites (tertiary alicyclic amines) is 1. The molecule has 1 aliphatic heterocycles. The Hall–Kier alpha value is -0.710. The molecule has 2 rings (SSSR count). The molecule has 1 heterocycles. The van der Waals surface area contributed by atoms with Gasteiger partial charge in [-0.15, -0.1) is 11.8 Å². The summed E-state index contributed by atoms with van der Waals surface area (Å²) in [5.74, 6) is 0.575. The highest BCUT2D eigenvalue weighted by Crippen LogP contribution is 2.26. The molecule has 1 amide bonds. The minimum atomic E-state index is 0.132. The quantitative estimate of drug-likeness (QED) is 0.867. The van der Waals surface area contributed by atoms with Gasteiger partial charge in [0.2, 0.25) is 5.91 Å². The van der Waals surface area contributed by atoms with Crippen molar-refractivity contribution in [3.8, 4) is 0 Å². The van der Waals surface area contributed by atoms with Gasteiger partial charge < -0.3 is 10.6 Å². The van der Waals surface area contributed by atoms with Gasteiger partial charge in [-0.3, -0.25) is 4.79 Å². The van der Waals surface area contributed by atoms with Crippen molar-refractivity contribution in [1.82, 2.24) is 4.90 Å². The number of benzene rings is 1. The molecule has 98 valence electrons. The third kappa shape index (κ3) is 3.64. The molecule has 3 nitrogen and oxygen atoms in total. The molecule has 0 spiro atoms. The SMILES string of the molecule is NC1CCCN(C(=O)CSc2ccccc2Cl)C1. The molecular weight excluding hydrogens is 268 g/mol. The number of hydrogen-bond donors (Lipinski definition) is 1. The van der Waals surface area contributed by atoms with Crippen LogP contribution in [0.25, 0.3) is 0 Å². The van der Waals surface area contributed by atoms with Gasteiger partial charge in [0.15, 0.2) is 0 Å². The number of thioether (sulfide) groups is 1. The number of amides is 1. The first-order valence-corrected chi connectivity index (χ1v) is 7.44. The average molecular weight is 285 g/mol. The van der Waals surface area contributed by atoms with Crippen molar-refractivity contribution in [2.24, 2.45) is 5.73 Å². The fourth-order valence-electron chi connectivity index (χ4n) is 2.03. The Balaban J connectivity index is 1.86. The van der Waals surface area contributed by atoms with E-state index < -0.39 is 0 Å². The zero-order valence-electron chi connectivity index (χ0n) is 10.1. The van der Waals surface area contributed by atoms with Gasteiger partial charge in [-0.1, -0.05) is 23.7 Å². The zero-order chi connectivity index (χ0) is 13.0. The smallest absolute Gasteiger partial charge is 0.232 e. The van der Waals surface area contributed by atoms with E-state index in [1.165, 1.54) is 11.8 Å². The molecule has 18 heavy (non-hydrogen) atoms. The number of rotatable bonds is 3. The Bertz CT molecular complexity index is 427. The Morgan fingerprint density at radius 2 is 2.28 bits per heavy atom. The number of hydrogen-bond acceptors (Lipinski definition) is 3. The van der Waals surface area contributed by atoms with Gasteiger partial charge in [0.25, 0.3) is 0 Å². The maximum atomic E-state index is 12.0. The van der Waals surface area contributed by atoms with E-state index >= 15 is 0 Å². The van der Waals surface area contributed by atoms with E-state index in [-0.39, 0.29) is 11.9 Å². The fourth-order valence-corrected chi connectivity index (χ4v) is 3.17. The zero-order valence-corrected chi connectivity index (χ0v) is 11.7. The Kier molecular flexibility index (Phi) is 4.92. The van der Waals surface area contributed by atoms with Crippen LogP contribution in [-0.4, -0.2) is 35.7 Å². The van der Waals surface area contributed by atoms with Gasteiger partial charge in [-0.05, 0) is 25.0 Å². The molecule has 0 bridgehead atoms. The van der Waals surface area contributed by atoms with Crippen LogP contribution in [0.4, 0.5) is 0 Å². The summed E-state index contributed by atoms with van der Waals surface area (Å²) >= 11 is 7.54. The van der Waals surface area contributed by atoms with Crippen LogP contribution in [-0.2, 0) is 4.79 Å². The van der Waals surface area contributed by atoms with Crippen molar-refractivity contribution in [3.05, 3.63) is 29.3 Å². The van der Waals surface area contributed by atoms with Crippen molar-refractivity contribution < 1.29 is 4.79 Å². The van der Waals surface area contributed by atoms with E-state index in [0.29, 0.717) is 17.3 Å². The highest BCUT2D eigenvalue weighted by atomic mass is 35.5. The van der Waals surface area contributed by atoms with Crippen molar-refractivity contribution in [1.29, 1.82) is 0 Å². The average Bonchev–Trinajstić information content (AvgIpc) is 2.37. The highest BCUT2D eigenvalue weighted by molar-refractivity contribution is 8.00. The summed E-state index contributed by atoms with van der Waals surface area (Å²) in [7, 11) is 0. The third-order valence-electron chi connectivity index (χ3n) is 3.00. The standard InChI is InChI=1S/C13H17ClN2OS/c14-11-5-1-2-6-12(11)18-9-13(17)16-7-3-4-10(15)8-16/h1-2,5-6,10H,3-4,7-9,15H2. The van der Waals surface area contributed by atoms with Gasteiger partial charge in [0.05, 0.1) is 10.8 Å². The topological polar surface area (TPSA) is 46.3 Å². The van der Waals surface area contributed by atoms with Gasteiger partial charge in [-0.2, -0.15) is 0 Å². The van der Waals surface area contributed by atoms with Crippen molar-refractivity contribution >= 4 is 29.3 Å². The highest BCUT2D eigenvalue weighted by Gasteiger charge is 2.21. The Morgan fingerprint density at radius 3 is 3.00 bits per heavy atom. The summed E-state index contributed by atoms with van der Waals surface area (Å²) < 4.78 is 0. The van der Waals surface area contributed by atoms with Crippen LogP contribution in [0.1, 0.15) is 12.8 Å². The molecular formula is C13H17ClN2OS. The van der Waals surface area contributed by atoms with Gasteiger partial charge in [0, 0.05) is 24.0 Å². The molecule has 1 aromatic carbocycles. The van der Waals surface area contributed by atoms with Crippen molar-refractivity contribution in [2.45, 2.75) is 23.8 Å². The van der Waals surface area contributed by atoms with Crippen LogP contribution >= 0.6 is 23.4 Å². The molecule has 0 saturated carbocycles. The number of nitrogens with zero attached hydrogens (tertiary/aromatic N) is 1. The van der Waals surface area contributed by atoms with Crippen LogP contribution in [0.5, 0.6) is 0 Å². The number of piperidine rings is 1. The number of nitrogens with two attached hydrogens (primary N) is 1. The predicted octanol–water partition coefficient (Wildman–Crippen LogP) is 2.38. The monoisotopic (exact) mass is 284 g/mol. The van der Waals surface area contributed by atoms with Crippen LogP contribution in [0.15, 0.2) is 29.2 Å². The fraction of sp³-hybridized carbons (Fsp3) is 0.462. The summed E-state index contributed by atoms with van der Waals surface area (Å²) in [5.41, 5.74) is 5.87. The largest absolute Gasteiger partial charge is 0.340 e. The number of carbonyl (C=O) groups is 1. The summed E-state index contributed by atoms with van der Waals surface area (Å²) in [6.07, 6.45) is 2.02. The predicted molar refractivity (Wildman–Crippen MR) is 76.0 cm³/mol.